The molecule has 0 atom stereocenters. The van der Waals surface area contributed by atoms with Gasteiger partial charge in [-0.05, 0) is 60.1 Å². The second-order valence-electron chi connectivity index (χ2n) is 7.16. The summed E-state index contributed by atoms with van der Waals surface area (Å²) < 4.78 is 0. The Hall–Kier alpha value is -1.89. The van der Waals surface area contributed by atoms with Gasteiger partial charge in [-0.2, -0.15) is 11.3 Å². The van der Waals surface area contributed by atoms with Crippen LogP contribution in [0, 0.1) is 0 Å². The first-order valence-electron chi connectivity index (χ1n) is 9.67. The Morgan fingerprint density at radius 2 is 1.70 bits per heavy atom. The van der Waals surface area contributed by atoms with Crippen molar-refractivity contribution in [1.82, 2.24) is 20.4 Å². The van der Waals surface area contributed by atoms with Gasteiger partial charge < -0.3 is 15.5 Å². The maximum absolute atomic E-state index is 4.30. The summed E-state index contributed by atoms with van der Waals surface area (Å²) >= 11 is 1.72. The molecule has 2 N–H and O–H groups in total. The van der Waals surface area contributed by atoms with E-state index in [2.05, 4.69) is 73.6 Å². The van der Waals surface area contributed by atoms with Gasteiger partial charge in [-0.25, -0.2) is 0 Å². The first-order valence-corrected chi connectivity index (χ1v) is 10.6. The largest absolute Gasteiger partial charge is 0.352 e. The highest BCUT2D eigenvalue weighted by molar-refractivity contribution is 7.07. The van der Waals surface area contributed by atoms with Crippen LogP contribution < -0.4 is 10.6 Å². The molecule has 6 heteroatoms. The average molecular weight is 386 g/mol. The van der Waals surface area contributed by atoms with Crippen LogP contribution in [0.1, 0.15) is 23.1 Å². The molecule has 1 aromatic carbocycles. The van der Waals surface area contributed by atoms with Crippen LogP contribution in [0.4, 0.5) is 0 Å². The number of rotatable bonds is 6. The maximum atomic E-state index is 4.30. The first-order chi connectivity index (χ1) is 13.2. The molecule has 5 nitrogen and oxygen atoms in total. The van der Waals surface area contributed by atoms with Crippen molar-refractivity contribution in [3.05, 3.63) is 57.8 Å². The number of thiophene rings is 1. The molecule has 27 heavy (non-hydrogen) atoms. The quantitative estimate of drug-likeness (QED) is 0.593. The lowest BCUT2D eigenvalue weighted by molar-refractivity contribution is 0.269. The fourth-order valence-electron chi connectivity index (χ4n) is 3.26. The summed E-state index contributed by atoms with van der Waals surface area (Å²) in [7, 11) is 4.03. The van der Waals surface area contributed by atoms with E-state index in [1.165, 1.54) is 42.7 Å². The van der Waals surface area contributed by atoms with Crippen molar-refractivity contribution in [3.8, 4) is 0 Å². The minimum atomic E-state index is 0.776. The molecule has 3 rings (SSSR count). The van der Waals surface area contributed by atoms with Gasteiger partial charge in [0.15, 0.2) is 5.96 Å². The Morgan fingerprint density at radius 3 is 2.41 bits per heavy atom. The first kappa shape index (κ1) is 19.9. The molecule has 0 amide bonds. The number of aliphatic imine (C=N–C) groups is 1. The smallest absolute Gasteiger partial charge is 0.191 e. The molecule has 1 aromatic heterocycles. The molecule has 0 spiro atoms. The maximum Gasteiger partial charge on any atom is 0.191 e. The van der Waals surface area contributed by atoms with Crippen LogP contribution in [0.3, 0.4) is 0 Å². The van der Waals surface area contributed by atoms with Crippen molar-refractivity contribution < 1.29 is 0 Å². The van der Waals surface area contributed by atoms with Crippen LogP contribution in [-0.2, 0) is 19.6 Å². The van der Waals surface area contributed by atoms with Crippen molar-refractivity contribution >= 4 is 17.3 Å². The molecule has 0 bridgehead atoms. The van der Waals surface area contributed by atoms with Crippen LogP contribution in [-0.4, -0.2) is 56.0 Å². The van der Waals surface area contributed by atoms with Gasteiger partial charge >= 0.3 is 0 Å². The summed E-state index contributed by atoms with van der Waals surface area (Å²) in [6, 6.07) is 11.1. The molecule has 1 aliphatic heterocycles. The fraction of sp³-hybridized carbons (Fsp3) is 0.476. The SMILES string of the molecule is CN=C(NCc1ccc(CN2CCCN(C)CC2)cc1)NCc1ccsc1. The van der Waals surface area contributed by atoms with Crippen molar-refractivity contribution in [1.29, 1.82) is 0 Å². The number of hydrogen-bond donors (Lipinski definition) is 2. The van der Waals surface area contributed by atoms with Crippen molar-refractivity contribution in [2.75, 3.05) is 40.3 Å². The molecule has 0 saturated carbocycles. The average Bonchev–Trinajstić information content (AvgIpc) is 3.12. The number of likely N-dealkylation sites (N-methyl/N-ethyl adjacent to an activating group) is 1. The molecular weight excluding hydrogens is 354 g/mol. The predicted octanol–water partition coefficient (Wildman–Crippen LogP) is 2.75. The molecule has 146 valence electrons. The minimum absolute atomic E-state index is 0.776. The van der Waals surface area contributed by atoms with Crippen molar-refractivity contribution in [2.24, 2.45) is 4.99 Å². The number of nitrogens with one attached hydrogen (secondary N) is 2. The van der Waals surface area contributed by atoms with Gasteiger partial charge in [0.2, 0.25) is 0 Å². The lowest BCUT2D eigenvalue weighted by Gasteiger charge is -2.20. The second-order valence-corrected chi connectivity index (χ2v) is 7.94. The van der Waals surface area contributed by atoms with Crippen LogP contribution in [0.5, 0.6) is 0 Å². The Bertz CT molecular complexity index is 696. The Balaban J connectivity index is 1.44. The van der Waals surface area contributed by atoms with Gasteiger partial charge in [0.25, 0.3) is 0 Å². The molecule has 1 aliphatic rings. The van der Waals surface area contributed by atoms with E-state index in [9.17, 15) is 0 Å². The summed E-state index contributed by atoms with van der Waals surface area (Å²) in [5.41, 5.74) is 3.95. The molecular formula is C21H31N5S. The van der Waals surface area contributed by atoms with Crippen LogP contribution in [0.25, 0.3) is 0 Å². The number of benzene rings is 1. The van der Waals surface area contributed by atoms with Gasteiger partial charge in [0.1, 0.15) is 0 Å². The van der Waals surface area contributed by atoms with E-state index in [1.807, 2.05) is 7.05 Å². The highest BCUT2D eigenvalue weighted by Gasteiger charge is 2.12. The highest BCUT2D eigenvalue weighted by Crippen LogP contribution is 2.10. The van der Waals surface area contributed by atoms with Gasteiger partial charge in [-0.15, -0.1) is 0 Å². The third-order valence-corrected chi connectivity index (χ3v) is 5.70. The molecule has 2 aromatic rings. The van der Waals surface area contributed by atoms with E-state index >= 15 is 0 Å². The molecule has 1 saturated heterocycles. The molecule has 1 fully saturated rings. The van der Waals surface area contributed by atoms with Crippen LogP contribution >= 0.6 is 11.3 Å². The zero-order valence-electron chi connectivity index (χ0n) is 16.4. The van der Waals surface area contributed by atoms with Gasteiger partial charge in [-0.3, -0.25) is 9.89 Å². The number of guanidine groups is 1. The van der Waals surface area contributed by atoms with E-state index in [4.69, 9.17) is 0 Å². The van der Waals surface area contributed by atoms with Crippen LogP contribution in [0.2, 0.25) is 0 Å². The molecule has 0 radical (unpaired) electrons. The lowest BCUT2D eigenvalue weighted by atomic mass is 10.1. The fourth-order valence-corrected chi connectivity index (χ4v) is 3.93. The standard InChI is InChI=1S/C21H31N5S/c1-22-21(24-15-20-8-13-27-17-20)23-14-18-4-6-19(7-5-18)16-26-10-3-9-25(2)11-12-26/h4-8,13,17H,3,9-12,14-16H2,1-2H3,(H2,22,23,24). The third kappa shape index (κ3) is 6.65. The summed E-state index contributed by atoms with van der Waals surface area (Å²) in [6.07, 6.45) is 1.26. The summed E-state index contributed by atoms with van der Waals surface area (Å²) in [5, 5.41) is 11.0. The Labute approximate surface area is 167 Å². The normalized spacial score (nSPS) is 16.9. The Morgan fingerprint density at radius 1 is 0.963 bits per heavy atom. The lowest BCUT2D eigenvalue weighted by Crippen LogP contribution is -2.36. The summed E-state index contributed by atoms with van der Waals surface area (Å²) in [5.74, 6) is 0.832. The van der Waals surface area contributed by atoms with E-state index in [1.54, 1.807) is 11.3 Å². The molecule has 2 heterocycles. The van der Waals surface area contributed by atoms with E-state index in [0.717, 1.165) is 32.1 Å². The number of hydrogen-bond acceptors (Lipinski definition) is 4. The zero-order chi connectivity index (χ0) is 18.9. The molecule has 0 aliphatic carbocycles. The highest BCUT2D eigenvalue weighted by atomic mass is 32.1. The topological polar surface area (TPSA) is 42.9 Å². The summed E-state index contributed by atoms with van der Waals surface area (Å²) in [6.45, 7) is 7.35. The van der Waals surface area contributed by atoms with Crippen molar-refractivity contribution in [3.63, 3.8) is 0 Å². The van der Waals surface area contributed by atoms with Gasteiger partial charge in [0.05, 0.1) is 0 Å². The van der Waals surface area contributed by atoms with E-state index < -0.39 is 0 Å². The number of nitrogens with zero attached hydrogens (tertiary/aromatic N) is 3. The van der Waals surface area contributed by atoms with Gasteiger partial charge in [0, 0.05) is 39.8 Å². The van der Waals surface area contributed by atoms with E-state index in [-0.39, 0.29) is 0 Å². The van der Waals surface area contributed by atoms with Gasteiger partial charge in [-0.1, -0.05) is 24.3 Å². The zero-order valence-corrected chi connectivity index (χ0v) is 17.3. The summed E-state index contributed by atoms with van der Waals surface area (Å²) in [4.78, 5) is 9.29. The van der Waals surface area contributed by atoms with Crippen LogP contribution in [0.15, 0.2) is 46.1 Å². The predicted molar refractivity (Wildman–Crippen MR) is 115 cm³/mol. The van der Waals surface area contributed by atoms with Crippen molar-refractivity contribution in [2.45, 2.75) is 26.1 Å². The monoisotopic (exact) mass is 385 g/mol. The van der Waals surface area contributed by atoms with E-state index in [0.29, 0.717) is 0 Å². The second kappa shape index (κ2) is 10.4. The Kier molecular flexibility index (Phi) is 7.68. The minimum Gasteiger partial charge on any atom is -0.352 e. The molecule has 0 unspecified atom stereocenters. The third-order valence-electron chi connectivity index (χ3n) is 4.96.